The van der Waals surface area contributed by atoms with Crippen molar-refractivity contribution in [3.8, 4) is 0 Å². The molecular formula is C10H9N5. The molecule has 3 rings (SSSR count). The van der Waals surface area contributed by atoms with Crippen LogP contribution in [0.25, 0.3) is 5.70 Å². The third-order valence-corrected chi connectivity index (χ3v) is 2.48. The predicted molar refractivity (Wildman–Crippen MR) is 55.4 cm³/mol. The first-order valence-corrected chi connectivity index (χ1v) is 4.67. The largest absolute Gasteiger partial charge is 0.396 e. The van der Waals surface area contributed by atoms with E-state index in [0.717, 1.165) is 5.57 Å². The molecule has 2 N–H and O–H groups in total. The normalized spacial score (nSPS) is 22.5. The highest BCUT2D eigenvalue weighted by molar-refractivity contribution is 5.64. The summed E-state index contributed by atoms with van der Waals surface area (Å²) >= 11 is 0. The fourth-order valence-corrected chi connectivity index (χ4v) is 1.78. The summed E-state index contributed by atoms with van der Waals surface area (Å²) in [4.78, 5) is 0. The Morgan fingerprint density at radius 1 is 1.27 bits per heavy atom. The maximum absolute atomic E-state index is 5.86. The second-order valence-electron chi connectivity index (χ2n) is 3.43. The lowest BCUT2D eigenvalue weighted by atomic mass is 10.0. The molecule has 1 unspecified atom stereocenters. The number of rotatable bonds is 0. The zero-order valence-electron chi connectivity index (χ0n) is 7.91. The van der Waals surface area contributed by atoms with E-state index in [1.807, 2.05) is 36.5 Å². The number of fused-ring (bicyclic) bond motifs is 3. The van der Waals surface area contributed by atoms with E-state index >= 15 is 0 Å². The summed E-state index contributed by atoms with van der Waals surface area (Å²) in [5, 5.41) is 11.5. The molecule has 0 amide bonds. The van der Waals surface area contributed by atoms with Gasteiger partial charge in [-0.1, -0.05) is 30.4 Å². The molecule has 1 aromatic heterocycles. The van der Waals surface area contributed by atoms with Gasteiger partial charge in [-0.15, -0.1) is 5.10 Å². The zero-order chi connectivity index (χ0) is 10.3. The van der Waals surface area contributed by atoms with Crippen LogP contribution in [0.5, 0.6) is 0 Å². The molecule has 2 aliphatic rings. The highest BCUT2D eigenvalue weighted by Crippen LogP contribution is 2.29. The van der Waals surface area contributed by atoms with Crippen LogP contribution in [-0.4, -0.2) is 20.2 Å². The quantitative estimate of drug-likeness (QED) is 0.663. The van der Waals surface area contributed by atoms with Gasteiger partial charge in [-0.2, -0.15) is 0 Å². The van der Waals surface area contributed by atoms with Gasteiger partial charge in [-0.25, -0.2) is 4.68 Å². The predicted octanol–water partition coefficient (Wildman–Crippen LogP) is 0.580. The molecule has 0 aromatic carbocycles. The average molecular weight is 199 g/mol. The molecule has 15 heavy (non-hydrogen) atoms. The summed E-state index contributed by atoms with van der Waals surface area (Å²) in [6, 6.07) is 0.0531. The van der Waals surface area contributed by atoms with E-state index in [1.54, 1.807) is 4.68 Å². The van der Waals surface area contributed by atoms with Crippen molar-refractivity contribution in [2.45, 2.75) is 6.04 Å². The molecule has 0 saturated carbocycles. The Morgan fingerprint density at radius 2 is 2.20 bits per heavy atom. The first-order chi connectivity index (χ1) is 7.36. The minimum atomic E-state index is 0.0531. The van der Waals surface area contributed by atoms with Gasteiger partial charge in [0, 0.05) is 0 Å². The van der Waals surface area contributed by atoms with Crippen LogP contribution in [0, 0.1) is 0 Å². The van der Waals surface area contributed by atoms with Crippen molar-refractivity contribution in [2.24, 2.45) is 5.73 Å². The number of aromatic nitrogens is 4. The number of nitrogens with two attached hydrogens (primary N) is 1. The monoisotopic (exact) mass is 199 g/mol. The molecule has 1 aliphatic heterocycles. The molecular weight excluding hydrogens is 190 g/mol. The molecule has 1 aromatic rings. The number of hydrogen-bond donors (Lipinski definition) is 1. The van der Waals surface area contributed by atoms with E-state index in [-0.39, 0.29) is 6.04 Å². The van der Waals surface area contributed by atoms with Gasteiger partial charge < -0.3 is 5.73 Å². The summed E-state index contributed by atoms with van der Waals surface area (Å²) in [6.45, 7) is 0. The molecule has 1 atom stereocenters. The van der Waals surface area contributed by atoms with E-state index in [0.29, 0.717) is 11.5 Å². The second kappa shape index (κ2) is 2.91. The molecule has 1 aliphatic carbocycles. The summed E-state index contributed by atoms with van der Waals surface area (Å²) in [6.07, 6.45) is 11.9. The Balaban J connectivity index is 2.23. The zero-order valence-corrected chi connectivity index (χ0v) is 7.91. The fraction of sp³-hybridized carbons (Fsp3) is 0.100. The lowest BCUT2D eigenvalue weighted by Crippen LogP contribution is -2.20. The van der Waals surface area contributed by atoms with E-state index < -0.39 is 0 Å². The van der Waals surface area contributed by atoms with Crippen molar-refractivity contribution in [1.82, 2.24) is 20.2 Å². The highest BCUT2D eigenvalue weighted by atomic mass is 15.6. The van der Waals surface area contributed by atoms with Gasteiger partial charge in [0.05, 0.1) is 11.7 Å². The molecule has 0 spiro atoms. The number of nitrogens with zero attached hydrogens (tertiary/aromatic N) is 4. The van der Waals surface area contributed by atoms with Gasteiger partial charge in [-0.3, -0.25) is 0 Å². The number of allylic oxidation sites excluding steroid dienone is 7. The van der Waals surface area contributed by atoms with Gasteiger partial charge in [-0.05, 0) is 22.1 Å². The molecule has 0 bridgehead atoms. The molecule has 0 saturated heterocycles. The van der Waals surface area contributed by atoms with Gasteiger partial charge in [0.25, 0.3) is 0 Å². The Kier molecular flexibility index (Phi) is 1.58. The molecule has 74 valence electrons. The third-order valence-electron chi connectivity index (χ3n) is 2.48. The first kappa shape index (κ1) is 8.16. The van der Waals surface area contributed by atoms with Gasteiger partial charge >= 0.3 is 0 Å². The van der Waals surface area contributed by atoms with Crippen LogP contribution in [0.3, 0.4) is 0 Å². The summed E-state index contributed by atoms with van der Waals surface area (Å²) < 4.78 is 1.73. The lowest BCUT2D eigenvalue weighted by Gasteiger charge is -2.20. The summed E-state index contributed by atoms with van der Waals surface area (Å²) in [5.41, 5.74) is 7.56. The van der Waals surface area contributed by atoms with Gasteiger partial charge in [0.15, 0.2) is 5.82 Å². The van der Waals surface area contributed by atoms with Gasteiger partial charge in [0.2, 0.25) is 0 Å². The van der Waals surface area contributed by atoms with Crippen LogP contribution in [0.15, 0.2) is 42.0 Å². The minimum absolute atomic E-state index is 0.0531. The Labute approximate surface area is 86.3 Å². The van der Waals surface area contributed by atoms with Crippen LogP contribution in [-0.2, 0) is 0 Å². The Hall–Kier alpha value is -2.17. The Bertz CT molecular complexity index is 518. The molecule has 5 nitrogen and oxygen atoms in total. The number of hydrogen-bond acceptors (Lipinski definition) is 4. The van der Waals surface area contributed by atoms with Crippen molar-refractivity contribution >= 4 is 5.70 Å². The van der Waals surface area contributed by atoms with E-state index in [2.05, 4.69) is 15.5 Å². The standard InChI is InChI=1S/C10H9N5/c11-8-6-7-4-2-1-3-5-9(7)15-10(8)12-13-14-15/h1-6,9H,11H2. The van der Waals surface area contributed by atoms with E-state index in [4.69, 9.17) is 5.73 Å². The first-order valence-electron chi connectivity index (χ1n) is 4.67. The molecule has 5 heteroatoms. The lowest BCUT2D eigenvalue weighted by molar-refractivity contribution is 0.572. The highest BCUT2D eigenvalue weighted by Gasteiger charge is 2.24. The maximum Gasteiger partial charge on any atom is 0.198 e. The van der Waals surface area contributed by atoms with Crippen LogP contribution < -0.4 is 5.73 Å². The van der Waals surface area contributed by atoms with Crippen molar-refractivity contribution in [2.75, 3.05) is 0 Å². The topological polar surface area (TPSA) is 69.6 Å². The van der Waals surface area contributed by atoms with Crippen LogP contribution in [0.1, 0.15) is 11.9 Å². The number of tetrazole rings is 1. The van der Waals surface area contributed by atoms with Crippen molar-refractivity contribution in [3.05, 3.63) is 47.9 Å². The fourth-order valence-electron chi connectivity index (χ4n) is 1.78. The maximum atomic E-state index is 5.86. The van der Waals surface area contributed by atoms with Gasteiger partial charge in [0.1, 0.15) is 0 Å². The van der Waals surface area contributed by atoms with Crippen LogP contribution in [0.2, 0.25) is 0 Å². The Morgan fingerprint density at radius 3 is 3.13 bits per heavy atom. The molecule has 0 fully saturated rings. The average Bonchev–Trinajstić information content (AvgIpc) is 2.60. The van der Waals surface area contributed by atoms with Crippen molar-refractivity contribution in [1.29, 1.82) is 0 Å². The van der Waals surface area contributed by atoms with Crippen molar-refractivity contribution < 1.29 is 0 Å². The molecule has 2 heterocycles. The summed E-state index contributed by atoms with van der Waals surface area (Å²) in [5.74, 6) is 0.628. The summed E-state index contributed by atoms with van der Waals surface area (Å²) in [7, 11) is 0. The van der Waals surface area contributed by atoms with Crippen LogP contribution in [0.4, 0.5) is 0 Å². The van der Waals surface area contributed by atoms with Crippen molar-refractivity contribution in [3.63, 3.8) is 0 Å². The van der Waals surface area contributed by atoms with E-state index in [1.165, 1.54) is 0 Å². The smallest absolute Gasteiger partial charge is 0.198 e. The van der Waals surface area contributed by atoms with E-state index in [9.17, 15) is 0 Å². The third kappa shape index (κ3) is 1.13. The SMILES string of the molecule is NC1=CC2=CC=CC=CC2n2nnnc21. The van der Waals surface area contributed by atoms with Crippen LogP contribution >= 0.6 is 0 Å². The minimum Gasteiger partial charge on any atom is -0.396 e. The second-order valence-corrected chi connectivity index (χ2v) is 3.43. The molecule has 0 radical (unpaired) electrons.